The van der Waals surface area contributed by atoms with Crippen molar-refractivity contribution in [1.29, 1.82) is 0 Å². The summed E-state index contributed by atoms with van der Waals surface area (Å²) in [5.74, 6) is 0.0394. The minimum atomic E-state index is -4.18. The topological polar surface area (TPSA) is 74.6 Å². The number of hydrogen-bond donors (Lipinski definition) is 2. The van der Waals surface area contributed by atoms with Gasteiger partial charge in [-0.3, -0.25) is 9.36 Å². The van der Waals surface area contributed by atoms with Gasteiger partial charge in [0.25, 0.3) is 0 Å². The molecule has 0 saturated heterocycles. The highest BCUT2D eigenvalue weighted by Crippen LogP contribution is 2.35. The van der Waals surface area contributed by atoms with Crippen molar-refractivity contribution in [3.63, 3.8) is 0 Å². The number of ketones is 1. The van der Waals surface area contributed by atoms with Gasteiger partial charge < -0.3 is 9.79 Å². The normalized spacial score (nSPS) is 14.3. The molecule has 0 aromatic heterocycles. The zero-order valence-corrected chi connectivity index (χ0v) is 10.5. The second-order valence-electron chi connectivity index (χ2n) is 4.51. The first kappa shape index (κ1) is 14.8. The predicted molar refractivity (Wildman–Crippen MR) is 59.8 cm³/mol. The lowest BCUT2D eigenvalue weighted by molar-refractivity contribution is -0.120. The van der Waals surface area contributed by atoms with Gasteiger partial charge in [-0.15, -0.1) is 0 Å². The molecule has 15 heavy (non-hydrogen) atoms. The van der Waals surface area contributed by atoms with Gasteiger partial charge in [-0.2, -0.15) is 0 Å². The summed E-state index contributed by atoms with van der Waals surface area (Å²) >= 11 is 0. The van der Waals surface area contributed by atoms with E-state index in [0.29, 0.717) is 5.92 Å². The number of rotatable bonds is 7. The Morgan fingerprint density at radius 1 is 1.20 bits per heavy atom. The van der Waals surface area contributed by atoms with Crippen LogP contribution >= 0.6 is 7.60 Å². The predicted octanol–water partition coefficient (Wildman–Crippen LogP) is 2.20. The SMILES string of the molecule is CC(C)CCCC(C)C(=O)CP(=O)(O)O. The first-order valence-electron chi connectivity index (χ1n) is 5.29. The Bertz CT molecular complexity index is 244. The van der Waals surface area contributed by atoms with Crippen LogP contribution in [0.5, 0.6) is 0 Å². The number of carbonyl (C=O) groups is 1. The zero-order valence-electron chi connectivity index (χ0n) is 9.64. The van der Waals surface area contributed by atoms with Gasteiger partial charge in [0.2, 0.25) is 0 Å². The molecule has 0 rings (SSSR count). The average Bonchev–Trinajstić information content (AvgIpc) is 1.99. The van der Waals surface area contributed by atoms with Gasteiger partial charge in [-0.25, -0.2) is 0 Å². The molecule has 0 aliphatic heterocycles. The summed E-state index contributed by atoms with van der Waals surface area (Å²) in [5.41, 5.74) is 0. The van der Waals surface area contributed by atoms with Crippen LogP contribution < -0.4 is 0 Å². The van der Waals surface area contributed by atoms with Gasteiger partial charge in [-0.1, -0.05) is 33.6 Å². The van der Waals surface area contributed by atoms with Crippen molar-refractivity contribution in [2.45, 2.75) is 40.0 Å². The van der Waals surface area contributed by atoms with Gasteiger partial charge >= 0.3 is 7.60 Å². The molecule has 90 valence electrons. The van der Waals surface area contributed by atoms with Crippen LogP contribution in [0.25, 0.3) is 0 Å². The number of hydrogen-bond acceptors (Lipinski definition) is 2. The molecule has 0 aromatic carbocycles. The third-order valence-electron chi connectivity index (χ3n) is 2.33. The second-order valence-corrected chi connectivity index (χ2v) is 6.16. The highest BCUT2D eigenvalue weighted by atomic mass is 31.2. The van der Waals surface area contributed by atoms with Gasteiger partial charge in [0.15, 0.2) is 0 Å². The minimum absolute atomic E-state index is 0.239. The molecule has 0 amide bonds. The number of carbonyl (C=O) groups excluding carboxylic acids is 1. The smallest absolute Gasteiger partial charge is 0.324 e. The average molecular weight is 236 g/mol. The zero-order chi connectivity index (χ0) is 12.1. The van der Waals surface area contributed by atoms with Crippen LogP contribution in [0.15, 0.2) is 0 Å². The van der Waals surface area contributed by atoms with Crippen LogP contribution in [0, 0.1) is 11.8 Å². The minimum Gasteiger partial charge on any atom is -0.324 e. The first-order valence-corrected chi connectivity index (χ1v) is 7.09. The van der Waals surface area contributed by atoms with Gasteiger partial charge in [0.05, 0.1) is 0 Å². The molecule has 0 bridgehead atoms. The van der Waals surface area contributed by atoms with Crippen LogP contribution in [0.1, 0.15) is 40.0 Å². The summed E-state index contributed by atoms with van der Waals surface area (Å²) in [6, 6.07) is 0. The van der Waals surface area contributed by atoms with Crippen LogP contribution in [-0.2, 0) is 9.36 Å². The molecule has 4 nitrogen and oxygen atoms in total. The largest absolute Gasteiger partial charge is 0.332 e. The maximum absolute atomic E-state index is 11.3. The Hall–Kier alpha value is -0.180. The van der Waals surface area contributed by atoms with Crippen molar-refractivity contribution < 1.29 is 19.1 Å². The van der Waals surface area contributed by atoms with E-state index in [1.165, 1.54) is 0 Å². The van der Waals surface area contributed by atoms with E-state index in [4.69, 9.17) is 9.79 Å². The maximum Gasteiger partial charge on any atom is 0.332 e. The van der Waals surface area contributed by atoms with E-state index in [0.717, 1.165) is 19.3 Å². The van der Waals surface area contributed by atoms with Crippen molar-refractivity contribution in [3.8, 4) is 0 Å². The van der Waals surface area contributed by atoms with E-state index in [1.807, 2.05) is 0 Å². The Kier molecular flexibility index (Phi) is 6.34. The molecule has 1 unspecified atom stereocenters. The first-order chi connectivity index (χ1) is 6.72. The lowest BCUT2D eigenvalue weighted by Gasteiger charge is -2.11. The molecule has 2 N–H and O–H groups in total. The molecule has 0 saturated carbocycles. The lowest BCUT2D eigenvalue weighted by Crippen LogP contribution is -2.15. The van der Waals surface area contributed by atoms with Crippen LogP contribution in [0.2, 0.25) is 0 Å². The Morgan fingerprint density at radius 3 is 2.13 bits per heavy atom. The Morgan fingerprint density at radius 2 is 1.73 bits per heavy atom. The third kappa shape index (κ3) is 8.79. The van der Waals surface area contributed by atoms with Gasteiger partial charge in [-0.05, 0) is 12.3 Å². The molecule has 0 aliphatic carbocycles. The molecular weight excluding hydrogens is 215 g/mol. The van der Waals surface area contributed by atoms with Crippen LogP contribution in [0.4, 0.5) is 0 Å². The standard InChI is InChI=1S/C10H21O4P/c1-8(2)5-4-6-9(3)10(11)7-15(12,13)14/h8-9H,4-7H2,1-3H3,(H2,12,13,14). The van der Waals surface area contributed by atoms with Crippen molar-refractivity contribution in [2.24, 2.45) is 11.8 Å². The summed E-state index contributed by atoms with van der Waals surface area (Å²) in [6.07, 6.45) is 2.09. The van der Waals surface area contributed by atoms with E-state index in [-0.39, 0.29) is 11.7 Å². The molecule has 0 spiro atoms. The van der Waals surface area contributed by atoms with E-state index < -0.39 is 13.8 Å². The summed E-state index contributed by atoms with van der Waals surface area (Å²) in [5, 5.41) is 0. The molecule has 0 fully saturated rings. The van der Waals surface area contributed by atoms with Gasteiger partial charge in [0, 0.05) is 5.92 Å². The van der Waals surface area contributed by atoms with Gasteiger partial charge in [0.1, 0.15) is 11.9 Å². The Labute approximate surface area is 91.2 Å². The molecule has 0 heterocycles. The fourth-order valence-corrected chi connectivity index (χ4v) is 2.07. The van der Waals surface area contributed by atoms with E-state index in [9.17, 15) is 9.36 Å². The molecule has 0 aromatic rings. The third-order valence-corrected chi connectivity index (χ3v) is 3.05. The van der Waals surface area contributed by atoms with Crippen molar-refractivity contribution >= 4 is 13.4 Å². The maximum atomic E-state index is 11.3. The highest BCUT2D eigenvalue weighted by molar-refractivity contribution is 7.52. The van der Waals surface area contributed by atoms with E-state index in [2.05, 4.69) is 13.8 Å². The van der Waals surface area contributed by atoms with Crippen LogP contribution in [0.3, 0.4) is 0 Å². The summed E-state index contributed by atoms with van der Waals surface area (Å²) in [6.45, 7) is 5.96. The molecule has 0 aliphatic rings. The fourth-order valence-electron chi connectivity index (χ4n) is 1.35. The summed E-state index contributed by atoms with van der Waals surface area (Å²) < 4.78 is 10.6. The van der Waals surface area contributed by atoms with Crippen molar-refractivity contribution in [1.82, 2.24) is 0 Å². The summed E-state index contributed by atoms with van der Waals surface area (Å²) in [4.78, 5) is 28.6. The van der Waals surface area contributed by atoms with E-state index >= 15 is 0 Å². The molecule has 1 atom stereocenters. The van der Waals surface area contributed by atoms with E-state index in [1.54, 1.807) is 6.92 Å². The Balaban J connectivity index is 3.85. The monoisotopic (exact) mass is 236 g/mol. The summed E-state index contributed by atoms with van der Waals surface area (Å²) in [7, 11) is -4.18. The number of Topliss-reactive ketones (excluding diaryl/α,β-unsaturated/α-hetero) is 1. The van der Waals surface area contributed by atoms with Crippen molar-refractivity contribution in [3.05, 3.63) is 0 Å². The quantitative estimate of drug-likeness (QED) is 0.664. The highest BCUT2D eigenvalue weighted by Gasteiger charge is 2.22. The molecule has 5 heteroatoms. The fraction of sp³-hybridized carbons (Fsp3) is 0.900. The molecule has 0 radical (unpaired) electrons. The van der Waals surface area contributed by atoms with Crippen molar-refractivity contribution in [2.75, 3.05) is 6.16 Å². The van der Waals surface area contributed by atoms with Crippen LogP contribution in [-0.4, -0.2) is 21.7 Å². The lowest BCUT2D eigenvalue weighted by atomic mass is 9.97. The molecular formula is C10H21O4P. The second kappa shape index (κ2) is 6.41.